The highest BCUT2D eigenvalue weighted by Crippen LogP contribution is 2.23. The number of rotatable bonds is 6. The zero-order valence-electron chi connectivity index (χ0n) is 15.1. The molecule has 2 aromatic rings. The highest BCUT2D eigenvalue weighted by atomic mass is 19.1. The Kier molecular flexibility index (Phi) is 6.10. The first kappa shape index (κ1) is 18.2. The highest BCUT2D eigenvalue weighted by Gasteiger charge is 2.20. The summed E-state index contributed by atoms with van der Waals surface area (Å²) in [7, 11) is 0. The van der Waals surface area contributed by atoms with Crippen LogP contribution in [-0.2, 0) is 4.79 Å². The van der Waals surface area contributed by atoms with Gasteiger partial charge in [-0.05, 0) is 62.1 Å². The van der Waals surface area contributed by atoms with E-state index in [1.54, 1.807) is 12.1 Å². The van der Waals surface area contributed by atoms with E-state index in [1.807, 2.05) is 31.2 Å². The van der Waals surface area contributed by atoms with Gasteiger partial charge in [-0.3, -0.25) is 4.79 Å². The van der Waals surface area contributed by atoms with Crippen molar-refractivity contribution in [2.75, 3.05) is 23.3 Å². The van der Waals surface area contributed by atoms with Crippen molar-refractivity contribution in [1.82, 2.24) is 0 Å². The molecule has 0 radical (unpaired) electrons. The van der Waals surface area contributed by atoms with Crippen molar-refractivity contribution in [3.8, 4) is 5.75 Å². The monoisotopic (exact) mass is 356 g/mol. The maximum Gasteiger partial charge on any atom is 0.265 e. The molecule has 0 spiro atoms. The van der Waals surface area contributed by atoms with Crippen LogP contribution in [0, 0.1) is 5.82 Å². The summed E-state index contributed by atoms with van der Waals surface area (Å²) in [6.07, 6.45) is 3.46. The number of carbonyl (C=O) groups excluding carboxylic acids is 1. The molecule has 1 saturated heterocycles. The second-order valence-corrected chi connectivity index (χ2v) is 6.53. The predicted molar refractivity (Wildman–Crippen MR) is 102 cm³/mol. The van der Waals surface area contributed by atoms with Crippen LogP contribution < -0.4 is 15.0 Å². The van der Waals surface area contributed by atoms with Gasteiger partial charge in [-0.1, -0.05) is 19.1 Å². The van der Waals surface area contributed by atoms with Crippen LogP contribution in [0.2, 0.25) is 0 Å². The summed E-state index contributed by atoms with van der Waals surface area (Å²) in [5, 5.41) is 2.86. The SMILES string of the molecule is CC[C@H](Oc1ccccc1F)C(=O)Nc1ccc(N2CCCCC2)cc1. The number of hydrogen-bond acceptors (Lipinski definition) is 3. The number of amides is 1. The van der Waals surface area contributed by atoms with Gasteiger partial charge in [0.2, 0.25) is 0 Å². The Morgan fingerprint density at radius 2 is 1.81 bits per heavy atom. The average molecular weight is 356 g/mol. The number of carbonyl (C=O) groups is 1. The minimum Gasteiger partial charge on any atom is -0.478 e. The van der Waals surface area contributed by atoms with Crippen molar-refractivity contribution in [2.45, 2.75) is 38.7 Å². The van der Waals surface area contributed by atoms with Gasteiger partial charge in [0, 0.05) is 24.5 Å². The Balaban J connectivity index is 1.61. The number of nitrogens with one attached hydrogen (secondary N) is 1. The van der Waals surface area contributed by atoms with Crippen LogP contribution in [0.1, 0.15) is 32.6 Å². The van der Waals surface area contributed by atoms with Gasteiger partial charge in [-0.25, -0.2) is 4.39 Å². The van der Waals surface area contributed by atoms with Gasteiger partial charge in [0.15, 0.2) is 17.7 Å². The maximum absolute atomic E-state index is 13.7. The Morgan fingerprint density at radius 1 is 1.12 bits per heavy atom. The van der Waals surface area contributed by atoms with Crippen LogP contribution in [0.25, 0.3) is 0 Å². The van der Waals surface area contributed by atoms with E-state index in [1.165, 1.54) is 37.1 Å². The topological polar surface area (TPSA) is 41.6 Å². The Hall–Kier alpha value is -2.56. The lowest BCUT2D eigenvalue weighted by Gasteiger charge is -2.28. The summed E-state index contributed by atoms with van der Waals surface area (Å²) in [4.78, 5) is 14.8. The molecule has 2 aromatic carbocycles. The molecule has 4 nitrogen and oxygen atoms in total. The number of ether oxygens (including phenoxy) is 1. The molecule has 1 fully saturated rings. The molecular formula is C21H25FN2O2. The lowest BCUT2D eigenvalue weighted by molar-refractivity contribution is -0.122. The van der Waals surface area contributed by atoms with E-state index in [9.17, 15) is 9.18 Å². The highest BCUT2D eigenvalue weighted by molar-refractivity contribution is 5.94. The summed E-state index contributed by atoms with van der Waals surface area (Å²) in [5.41, 5.74) is 1.89. The third-order valence-electron chi connectivity index (χ3n) is 4.63. The molecule has 1 N–H and O–H groups in total. The smallest absolute Gasteiger partial charge is 0.265 e. The number of hydrogen-bond donors (Lipinski definition) is 1. The first-order chi connectivity index (χ1) is 12.7. The zero-order valence-corrected chi connectivity index (χ0v) is 15.1. The van der Waals surface area contributed by atoms with Gasteiger partial charge >= 0.3 is 0 Å². The van der Waals surface area contributed by atoms with Crippen LogP contribution in [0.3, 0.4) is 0 Å². The molecule has 0 saturated carbocycles. The molecule has 3 rings (SSSR count). The lowest BCUT2D eigenvalue weighted by atomic mass is 10.1. The molecular weight excluding hydrogens is 331 g/mol. The fraction of sp³-hybridized carbons (Fsp3) is 0.381. The normalized spacial score (nSPS) is 15.4. The van der Waals surface area contributed by atoms with E-state index in [2.05, 4.69) is 10.2 Å². The molecule has 0 aromatic heterocycles. The van der Waals surface area contributed by atoms with Gasteiger partial charge in [0.05, 0.1) is 0 Å². The maximum atomic E-state index is 13.7. The number of para-hydroxylation sites is 1. The molecule has 1 amide bonds. The van der Waals surface area contributed by atoms with Crippen molar-refractivity contribution in [3.05, 3.63) is 54.3 Å². The van der Waals surface area contributed by atoms with Crippen molar-refractivity contribution in [2.24, 2.45) is 0 Å². The van der Waals surface area contributed by atoms with Gasteiger partial charge in [0.1, 0.15) is 0 Å². The van der Waals surface area contributed by atoms with Crippen LogP contribution in [0.5, 0.6) is 5.75 Å². The molecule has 1 aliphatic rings. The van der Waals surface area contributed by atoms with Crippen molar-refractivity contribution >= 4 is 17.3 Å². The standard InChI is InChI=1S/C21H25FN2O2/c1-2-19(26-20-9-5-4-8-18(20)22)21(25)23-16-10-12-17(13-11-16)24-14-6-3-7-15-24/h4-5,8-13,19H,2-3,6-7,14-15H2,1H3,(H,23,25)/t19-/m0/s1. The first-order valence-electron chi connectivity index (χ1n) is 9.24. The largest absolute Gasteiger partial charge is 0.478 e. The van der Waals surface area contributed by atoms with Gasteiger partial charge < -0.3 is 15.0 Å². The fourth-order valence-electron chi connectivity index (χ4n) is 3.15. The second kappa shape index (κ2) is 8.70. The molecule has 26 heavy (non-hydrogen) atoms. The van der Waals surface area contributed by atoms with Crippen molar-refractivity contribution in [1.29, 1.82) is 0 Å². The average Bonchev–Trinajstić information content (AvgIpc) is 2.68. The molecule has 0 unspecified atom stereocenters. The van der Waals surface area contributed by atoms with Crippen LogP contribution in [0.4, 0.5) is 15.8 Å². The molecule has 0 bridgehead atoms. The first-order valence-corrected chi connectivity index (χ1v) is 9.24. The second-order valence-electron chi connectivity index (χ2n) is 6.53. The summed E-state index contributed by atoms with van der Waals surface area (Å²) in [6, 6.07) is 14.0. The van der Waals surface area contributed by atoms with E-state index < -0.39 is 11.9 Å². The number of benzene rings is 2. The van der Waals surface area contributed by atoms with Crippen LogP contribution in [0.15, 0.2) is 48.5 Å². The minimum absolute atomic E-state index is 0.0925. The third kappa shape index (κ3) is 4.54. The predicted octanol–water partition coefficient (Wildman–Crippen LogP) is 4.61. The Labute approximate surface area is 154 Å². The molecule has 5 heteroatoms. The number of anilines is 2. The van der Waals surface area contributed by atoms with Crippen LogP contribution >= 0.6 is 0 Å². The quantitative estimate of drug-likeness (QED) is 0.822. The van der Waals surface area contributed by atoms with Gasteiger partial charge in [-0.2, -0.15) is 0 Å². The van der Waals surface area contributed by atoms with Crippen LogP contribution in [-0.4, -0.2) is 25.1 Å². The van der Waals surface area contributed by atoms with Crippen molar-refractivity contribution < 1.29 is 13.9 Å². The van der Waals surface area contributed by atoms with E-state index in [0.29, 0.717) is 12.1 Å². The van der Waals surface area contributed by atoms with E-state index in [0.717, 1.165) is 13.1 Å². The van der Waals surface area contributed by atoms with Gasteiger partial charge in [0.25, 0.3) is 5.91 Å². The number of nitrogens with zero attached hydrogens (tertiary/aromatic N) is 1. The van der Waals surface area contributed by atoms with E-state index in [4.69, 9.17) is 4.74 Å². The summed E-state index contributed by atoms with van der Waals surface area (Å²) >= 11 is 0. The zero-order chi connectivity index (χ0) is 18.4. The summed E-state index contributed by atoms with van der Waals surface area (Å²) in [6.45, 7) is 4.00. The number of piperidine rings is 1. The third-order valence-corrected chi connectivity index (χ3v) is 4.63. The molecule has 1 atom stereocenters. The van der Waals surface area contributed by atoms with Gasteiger partial charge in [-0.15, -0.1) is 0 Å². The van der Waals surface area contributed by atoms with E-state index in [-0.39, 0.29) is 11.7 Å². The Bertz CT molecular complexity index is 727. The fourth-order valence-corrected chi connectivity index (χ4v) is 3.15. The number of halogens is 1. The minimum atomic E-state index is -0.742. The lowest BCUT2D eigenvalue weighted by Crippen LogP contribution is -2.32. The summed E-state index contributed by atoms with van der Waals surface area (Å²) < 4.78 is 19.3. The Morgan fingerprint density at radius 3 is 2.46 bits per heavy atom. The van der Waals surface area contributed by atoms with E-state index >= 15 is 0 Å². The molecule has 1 heterocycles. The molecule has 1 aliphatic heterocycles. The molecule has 138 valence electrons. The summed E-state index contributed by atoms with van der Waals surface area (Å²) in [5.74, 6) is -0.652. The van der Waals surface area contributed by atoms with Crippen molar-refractivity contribution in [3.63, 3.8) is 0 Å². The molecule has 0 aliphatic carbocycles.